The topological polar surface area (TPSA) is 81.3 Å². The number of hydrogen-bond donors (Lipinski definition) is 0. The molecule has 3 aliphatic heterocycles. The molecule has 0 bridgehead atoms. The smallest absolute Gasteiger partial charge is 0.269 e. The molecule has 7 nitrogen and oxygen atoms in total. The van der Waals surface area contributed by atoms with Crippen LogP contribution in [0.3, 0.4) is 0 Å². The van der Waals surface area contributed by atoms with Crippen molar-refractivity contribution in [2.75, 3.05) is 6.54 Å². The monoisotopic (exact) mass is 614 g/mol. The van der Waals surface area contributed by atoms with E-state index in [2.05, 4.69) is 89.8 Å². The Morgan fingerprint density at radius 1 is 0.787 bits per heavy atom. The number of aromatic nitrogens is 2. The third-order valence-corrected chi connectivity index (χ3v) is 11.8. The van der Waals surface area contributed by atoms with Gasteiger partial charge in [0.2, 0.25) is 0 Å². The molecule has 1 saturated carbocycles. The fourth-order valence-corrected chi connectivity index (χ4v) is 10.6. The number of nitro groups is 1. The van der Waals surface area contributed by atoms with Crippen LogP contribution in [0.5, 0.6) is 0 Å². The minimum absolute atomic E-state index is 0.00221. The predicted molar refractivity (Wildman–Crippen MR) is 180 cm³/mol. The van der Waals surface area contributed by atoms with Crippen molar-refractivity contribution in [2.24, 2.45) is 0 Å². The maximum atomic E-state index is 14.7. The number of piperidine rings is 1. The lowest BCUT2D eigenvalue weighted by molar-refractivity contribution is -0.385. The summed E-state index contributed by atoms with van der Waals surface area (Å²) in [6, 6.07) is 44.9. The second-order valence-electron chi connectivity index (χ2n) is 13.4. The molecule has 1 aliphatic carbocycles. The number of fused-ring (bicyclic) bond motifs is 11. The molecule has 0 amide bonds. The normalized spacial score (nSPS) is 28.2. The molecule has 4 aliphatic rings. The first-order chi connectivity index (χ1) is 23.1. The van der Waals surface area contributed by atoms with Gasteiger partial charge in [-0.3, -0.25) is 24.4 Å². The molecule has 0 unspecified atom stereocenters. The van der Waals surface area contributed by atoms with E-state index in [4.69, 9.17) is 4.98 Å². The molecule has 1 aromatic heterocycles. The minimum Gasteiger partial charge on any atom is -0.282 e. The van der Waals surface area contributed by atoms with E-state index in [-0.39, 0.29) is 28.1 Å². The fraction of sp³-hybridized carbons (Fsp3) is 0.200. The maximum Gasteiger partial charge on any atom is 0.269 e. The molecule has 1 spiro atoms. The summed E-state index contributed by atoms with van der Waals surface area (Å²) >= 11 is 0. The van der Waals surface area contributed by atoms with E-state index in [1.165, 1.54) is 17.2 Å². The summed E-state index contributed by atoms with van der Waals surface area (Å²) in [5.41, 5.74) is 3.56. The van der Waals surface area contributed by atoms with E-state index >= 15 is 0 Å². The van der Waals surface area contributed by atoms with E-state index in [0.717, 1.165) is 30.5 Å². The van der Waals surface area contributed by atoms with Gasteiger partial charge in [0.15, 0.2) is 0 Å². The molecule has 10 rings (SSSR count). The van der Waals surface area contributed by atoms with Crippen molar-refractivity contribution < 1.29 is 4.92 Å². The zero-order valence-electron chi connectivity index (χ0n) is 25.5. The molecule has 228 valence electrons. The fourth-order valence-electron chi connectivity index (χ4n) is 10.6. The van der Waals surface area contributed by atoms with Crippen molar-refractivity contribution in [1.82, 2.24) is 14.5 Å². The molecular weight excluding hydrogens is 584 g/mol. The standard InChI is InChI=1S/C40H30N4O3/c45-36-30-19-10-11-20-32(30)41-37-40(31-25-29(44(46)47)22-23-33(31)43(36)37)39(28-17-8-3-9-18-28)35(26-13-4-1-5-14-26)38(39,27-15-6-2-7-16-27)34-21-12-24-42(34)40/h1-11,13-20,22-23,25,34-35H,12,21,24H2/t34-,35-,38-,39+,40-/m1/s1. The summed E-state index contributed by atoms with van der Waals surface area (Å²) < 4.78 is 1.78. The van der Waals surface area contributed by atoms with Crippen LogP contribution < -0.4 is 5.56 Å². The highest BCUT2D eigenvalue weighted by Gasteiger charge is 2.95. The molecule has 47 heavy (non-hydrogen) atoms. The van der Waals surface area contributed by atoms with Gasteiger partial charge in [-0.2, -0.15) is 0 Å². The Hall–Kier alpha value is -5.40. The van der Waals surface area contributed by atoms with E-state index in [1.807, 2.05) is 30.3 Å². The summed E-state index contributed by atoms with van der Waals surface area (Å²) in [5.74, 6) is 0.658. The maximum absolute atomic E-state index is 14.7. The second kappa shape index (κ2) is 9.11. The van der Waals surface area contributed by atoms with Crippen molar-refractivity contribution in [2.45, 2.75) is 41.2 Å². The van der Waals surface area contributed by atoms with Crippen molar-refractivity contribution >= 4 is 16.6 Å². The molecule has 0 N–H and O–H groups in total. The van der Waals surface area contributed by atoms with Crippen LogP contribution in [0.15, 0.2) is 138 Å². The van der Waals surface area contributed by atoms with Gasteiger partial charge < -0.3 is 0 Å². The van der Waals surface area contributed by atoms with Crippen molar-refractivity contribution in [3.05, 3.63) is 182 Å². The number of nitrogens with zero attached hydrogens (tertiary/aromatic N) is 4. The van der Waals surface area contributed by atoms with E-state index in [1.54, 1.807) is 16.7 Å². The molecule has 3 fully saturated rings. The van der Waals surface area contributed by atoms with Crippen LogP contribution in [0, 0.1) is 10.1 Å². The molecule has 4 heterocycles. The Bertz CT molecular complexity index is 2330. The van der Waals surface area contributed by atoms with Crippen molar-refractivity contribution in [1.29, 1.82) is 0 Å². The number of non-ortho nitro benzene ring substituents is 1. The van der Waals surface area contributed by atoms with Gasteiger partial charge in [-0.25, -0.2) is 4.98 Å². The van der Waals surface area contributed by atoms with E-state index in [0.29, 0.717) is 22.4 Å². The van der Waals surface area contributed by atoms with Gasteiger partial charge in [-0.05, 0) is 54.3 Å². The van der Waals surface area contributed by atoms with Crippen LogP contribution in [0.4, 0.5) is 5.69 Å². The van der Waals surface area contributed by atoms with Crippen LogP contribution in [0.1, 0.15) is 46.8 Å². The third-order valence-electron chi connectivity index (χ3n) is 11.8. The van der Waals surface area contributed by atoms with Gasteiger partial charge in [-0.15, -0.1) is 0 Å². The number of para-hydroxylation sites is 1. The first-order valence-corrected chi connectivity index (χ1v) is 16.3. The molecule has 5 atom stereocenters. The molecular formula is C40H30N4O3. The zero-order chi connectivity index (χ0) is 31.5. The lowest BCUT2D eigenvalue weighted by Crippen LogP contribution is -2.53. The number of benzene rings is 5. The highest BCUT2D eigenvalue weighted by Crippen LogP contribution is 2.89. The molecule has 6 aromatic rings. The molecule has 5 aromatic carbocycles. The third kappa shape index (κ3) is 2.89. The van der Waals surface area contributed by atoms with Gasteiger partial charge in [0.25, 0.3) is 11.2 Å². The number of hydrogen-bond acceptors (Lipinski definition) is 5. The van der Waals surface area contributed by atoms with Gasteiger partial charge in [-0.1, -0.05) is 103 Å². The first kappa shape index (κ1) is 26.8. The van der Waals surface area contributed by atoms with Gasteiger partial charge >= 0.3 is 0 Å². The quantitative estimate of drug-likeness (QED) is 0.158. The highest BCUT2D eigenvalue weighted by molar-refractivity contribution is 5.82. The SMILES string of the molecule is O=c1c2ccccc2nc2n1-c1ccc([N+](=O)[O-])cc1[C@@]21N2CCC[C@@H]2[C@]2(c3ccccc3)[C@@H](c3ccccc3)[C@@]21c1ccccc1. The molecule has 0 radical (unpaired) electrons. The van der Waals surface area contributed by atoms with Gasteiger partial charge in [0.1, 0.15) is 11.4 Å². The Kier molecular flexibility index (Phi) is 5.19. The van der Waals surface area contributed by atoms with Crippen molar-refractivity contribution in [3.8, 4) is 5.69 Å². The summed E-state index contributed by atoms with van der Waals surface area (Å²) in [6.45, 7) is 0.792. The summed E-state index contributed by atoms with van der Waals surface area (Å²) in [4.78, 5) is 34.9. The largest absolute Gasteiger partial charge is 0.282 e. The van der Waals surface area contributed by atoms with Gasteiger partial charge in [0, 0.05) is 40.5 Å². The average Bonchev–Trinajstić information content (AvgIpc) is 3.35. The number of nitro benzene ring substituents is 1. The van der Waals surface area contributed by atoms with E-state index < -0.39 is 16.4 Å². The van der Waals surface area contributed by atoms with Crippen LogP contribution >= 0.6 is 0 Å². The lowest BCUT2D eigenvalue weighted by Gasteiger charge is -2.44. The highest BCUT2D eigenvalue weighted by atomic mass is 16.6. The Morgan fingerprint density at radius 2 is 1.45 bits per heavy atom. The molecule has 2 saturated heterocycles. The number of rotatable bonds is 4. The van der Waals surface area contributed by atoms with Crippen LogP contribution in [0.2, 0.25) is 0 Å². The van der Waals surface area contributed by atoms with Crippen molar-refractivity contribution in [3.63, 3.8) is 0 Å². The van der Waals surface area contributed by atoms with Crippen LogP contribution in [0.25, 0.3) is 16.6 Å². The van der Waals surface area contributed by atoms with Gasteiger partial charge in [0.05, 0.1) is 21.5 Å². The first-order valence-electron chi connectivity index (χ1n) is 16.3. The average molecular weight is 615 g/mol. The van der Waals surface area contributed by atoms with Crippen LogP contribution in [-0.4, -0.2) is 32.0 Å². The predicted octanol–water partition coefficient (Wildman–Crippen LogP) is 7.00. The molecule has 7 heteroatoms. The lowest BCUT2D eigenvalue weighted by atomic mass is 9.67. The Morgan fingerprint density at radius 3 is 2.17 bits per heavy atom. The van der Waals surface area contributed by atoms with E-state index in [9.17, 15) is 14.9 Å². The minimum atomic E-state index is -0.976. The Labute approximate surface area is 270 Å². The van der Waals surface area contributed by atoms with Crippen LogP contribution in [-0.2, 0) is 16.4 Å². The summed E-state index contributed by atoms with van der Waals surface area (Å²) in [7, 11) is 0. The zero-order valence-corrected chi connectivity index (χ0v) is 25.5. The summed E-state index contributed by atoms with van der Waals surface area (Å²) in [5, 5.41) is 13.0. The summed E-state index contributed by atoms with van der Waals surface area (Å²) in [6.07, 6.45) is 1.95. The Balaban J connectivity index is 1.46. The second-order valence-corrected chi connectivity index (χ2v) is 13.4.